The third kappa shape index (κ3) is 2.55. The average Bonchev–Trinajstić information content (AvgIpc) is 3.19. The van der Waals surface area contributed by atoms with Crippen molar-refractivity contribution in [2.24, 2.45) is 0 Å². The zero-order valence-corrected chi connectivity index (χ0v) is 11.9. The van der Waals surface area contributed by atoms with Gasteiger partial charge in [0.25, 0.3) is 0 Å². The smallest absolute Gasteiger partial charge is 0.163 e. The lowest BCUT2D eigenvalue weighted by molar-refractivity contribution is 1.08. The highest BCUT2D eigenvalue weighted by Gasteiger charge is 2.15. The SMILES string of the molecule is N#C/C(=C\c1cn[nH]c1-c1ccccc1)c1[nH]nc(N)c1C#N. The molecule has 110 valence electrons. The molecule has 0 aliphatic carbocycles. The number of hydrogen-bond acceptors (Lipinski definition) is 5. The highest BCUT2D eigenvalue weighted by Crippen LogP contribution is 2.27. The zero-order valence-electron chi connectivity index (χ0n) is 11.9. The summed E-state index contributed by atoms with van der Waals surface area (Å²) < 4.78 is 0. The van der Waals surface area contributed by atoms with Crippen molar-refractivity contribution in [2.45, 2.75) is 0 Å². The second-order valence-electron chi connectivity index (χ2n) is 4.71. The second-order valence-corrected chi connectivity index (χ2v) is 4.71. The quantitative estimate of drug-likeness (QED) is 0.639. The van der Waals surface area contributed by atoms with Crippen molar-refractivity contribution >= 4 is 17.5 Å². The van der Waals surface area contributed by atoms with Gasteiger partial charge in [-0.3, -0.25) is 10.2 Å². The molecule has 0 fully saturated rings. The van der Waals surface area contributed by atoms with E-state index in [0.717, 1.165) is 16.8 Å². The van der Waals surface area contributed by atoms with Crippen LogP contribution in [0.15, 0.2) is 36.5 Å². The fourth-order valence-corrected chi connectivity index (χ4v) is 2.22. The predicted octanol–water partition coefficient (Wildman–Crippen LogP) is 2.32. The third-order valence-electron chi connectivity index (χ3n) is 3.33. The first-order chi connectivity index (χ1) is 11.2. The molecular weight excluding hydrogens is 290 g/mol. The maximum absolute atomic E-state index is 9.42. The lowest BCUT2D eigenvalue weighted by atomic mass is 10.0. The van der Waals surface area contributed by atoms with Crippen molar-refractivity contribution in [3.8, 4) is 23.4 Å². The van der Waals surface area contributed by atoms with Crippen LogP contribution >= 0.6 is 0 Å². The van der Waals surface area contributed by atoms with E-state index in [1.165, 1.54) is 0 Å². The Morgan fingerprint density at radius 2 is 1.96 bits per heavy atom. The first kappa shape index (κ1) is 14.1. The number of benzene rings is 1. The maximum Gasteiger partial charge on any atom is 0.163 e. The molecule has 0 saturated heterocycles. The molecule has 23 heavy (non-hydrogen) atoms. The second kappa shape index (κ2) is 5.88. The van der Waals surface area contributed by atoms with E-state index in [2.05, 4.69) is 26.5 Å². The fourth-order valence-electron chi connectivity index (χ4n) is 2.22. The van der Waals surface area contributed by atoms with Gasteiger partial charge in [0.1, 0.15) is 17.7 Å². The van der Waals surface area contributed by atoms with E-state index in [1.54, 1.807) is 12.3 Å². The van der Waals surface area contributed by atoms with Gasteiger partial charge in [-0.2, -0.15) is 20.7 Å². The number of aromatic amines is 2. The molecule has 4 N–H and O–H groups in total. The largest absolute Gasteiger partial charge is 0.381 e. The Balaban J connectivity index is 2.10. The van der Waals surface area contributed by atoms with Crippen LogP contribution in [-0.4, -0.2) is 20.4 Å². The van der Waals surface area contributed by atoms with Crippen LogP contribution < -0.4 is 5.73 Å². The summed E-state index contributed by atoms with van der Waals surface area (Å²) in [5, 5.41) is 31.9. The number of anilines is 1. The normalized spacial score (nSPS) is 11.0. The summed E-state index contributed by atoms with van der Waals surface area (Å²) in [6.45, 7) is 0. The summed E-state index contributed by atoms with van der Waals surface area (Å²) in [5.41, 5.74) is 8.78. The average molecular weight is 301 g/mol. The zero-order chi connectivity index (χ0) is 16.2. The van der Waals surface area contributed by atoms with E-state index in [9.17, 15) is 5.26 Å². The molecule has 7 heteroatoms. The summed E-state index contributed by atoms with van der Waals surface area (Å²) in [6, 6.07) is 13.6. The maximum atomic E-state index is 9.42. The molecule has 0 saturated carbocycles. The van der Waals surface area contributed by atoms with Gasteiger partial charge in [0.05, 0.1) is 23.2 Å². The van der Waals surface area contributed by atoms with Crippen molar-refractivity contribution in [2.75, 3.05) is 5.73 Å². The minimum atomic E-state index is 0.0686. The topological polar surface area (TPSA) is 131 Å². The Kier molecular flexibility index (Phi) is 3.61. The van der Waals surface area contributed by atoms with Crippen molar-refractivity contribution in [3.63, 3.8) is 0 Å². The number of aromatic nitrogens is 4. The van der Waals surface area contributed by atoms with Crippen molar-refractivity contribution in [3.05, 3.63) is 53.3 Å². The molecule has 0 aliphatic heterocycles. The van der Waals surface area contributed by atoms with Gasteiger partial charge in [-0.25, -0.2) is 0 Å². The lowest BCUT2D eigenvalue weighted by Crippen LogP contribution is -1.90. The number of H-pyrrole nitrogens is 2. The summed E-state index contributed by atoms with van der Waals surface area (Å²) in [6.07, 6.45) is 3.26. The van der Waals surface area contributed by atoms with Crippen LogP contribution in [0.1, 0.15) is 16.8 Å². The summed E-state index contributed by atoms with van der Waals surface area (Å²) in [5.74, 6) is 0.0686. The molecule has 0 bridgehead atoms. The molecule has 0 atom stereocenters. The van der Waals surface area contributed by atoms with Gasteiger partial charge in [0, 0.05) is 11.1 Å². The standard InChI is InChI=1S/C16H11N7/c17-7-11(15-13(8-18)16(19)23-22-15)6-12-9-20-21-14(12)10-4-2-1-3-5-10/h1-6,9H,(H,20,21)(H3,19,22,23)/b11-6+. The number of nitriles is 2. The van der Waals surface area contributed by atoms with Crippen LogP contribution in [0.2, 0.25) is 0 Å². The molecule has 3 aromatic rings. The van der Waals surface area contributed by atoms with E-state index in [1.807, 2.05) is 36.4 Å². The van der Waals surface area contributed by atoms with Gasteiger partial charge in [-0.15, -0.1) is 0 Å². The molecule has 0 unspecified atom stereocenters. The van der Waals surface area contributed by atoms with E-state index < -0.39 is 0 Å². The van der Waals surface area contributed by atoms with Gasteiger partial charge in [-0.1, -0.05) is 30.3 Å². The Hall–Kier alpha value is -3.84. The van der Waals surface area contributed by atoms with E-state index in [-0.39, 0.29) is 17.0 Å². The first-order valence-electron chi connectivity index (χ1n) is 6.69. The number of hydrogen-bond donors (Lipinski definition) is 3. The Labute approximate surface area is 131 Å². The molecular formula is C16H11N7. The molecule has 2 aromatic heterocycles. The number of allylic oxidation sites excluding steroid dienone is 1. The fraction of sp³-hybridized carbons (Fsp3) is 0. The number of nitrogens with one attached hydrogen (secondary N) is 2. The Bertz CT molecular complexity index is 948. The molecule has 7 nitrogen and oxygen atoms in total. The third-order valence-corrected chi connectivity index (χ3v) is 3.33. The molecule has 3 rings (SSSR count). The van der Waals surface area contributed by atoms with E-state index >= 15 is 0 Å². The van der Waals surface area contributed by atoms with Crippen molar-refractivity contribution in [1.29, 1.82) is 10.5 Å². The number of nitrogens with two attached hydrogens (primary N) is 1. The van der Waals surface area contributed by atoms with Crippen LogP contribution in [0.25, 0.3) is 22.9 Å². The number of rotatable bonds is 3. The van der Waals surface area contributed by atoms with Crippen LogP contribution in [0.4, 0.5) is 5.82 Å². The Morgan fingerprint density at radius 3 is 2.65 bits per heavy atom. The highest BCUT2D eigenvalue weighted by atomic mass is 15.2. The highest BCUT2D eigenvalue weighted by molar-refractivity contribution is 5.93. The van der Waals surface area contributed by atoms with Gasteiger partial charge in [0.2, 0.25) is 0 Å². The van der Waals surface area contributed by atoms with Crippen molar-refractivity contribution < 1.29 is 0 Å². The van der Waals surface area contributed by atoms with Crippen LogP contribution in [0.3, 0.4) is 0 Å². The van der Waals surface area contributed by atoms with Gasteiger partial charge >= 0.3 is 0 Å². The number of nitrogens with zero attached hydrogens (tertiary/aromatic N) is 4. The van der Waals surface area contributed by atoms with Crippen LogP contribution in [0.5, 0.6) is 0 Å². The molecule has 0 aliphatic rings. The summed E-state index contributed by atoms with van der Waals surface area (Å²) in [4.78, 5) is 0. The lowest BCUT2D eigenvalue weighted by Gasteiger charge is -2.00. The molecule has 0 spiro atoms. The Morgan fingerprint density at radius 1 is 1.17 bits per heavy atom. The predicted molar refractivity (Wildman–Crippen MR) is 85.2 cm³/mol. The molecule has 0 radical (unpaired) electrons. The summed E-state index contributed by atoms with van der Waals surface area (Å²) >= 11 is 0. The van der Waals surface area contributed by atoms with Gasteiger partial charge in [-0.05, 0) is 6.08 Å². The molecule has 2 heterocycles. The summed E-state index contributed by atoms with van der Waals surface area (Å²) in [7, 11) is 0. The first-order valence-corrected chi connectivity index (χ1v) is 6.69. The monoisotopic (exact) mass is 301 g/mol. The minimum Gasteiger partial charge on any atom is -0.381 e. The number of nitrogen functional groups attached to an aromatic ring is 1. The van der Waals surface area contributed by atoms with Gasteiger partial charge < -0.3 is 5.73 Å². The molecule has 0 amide bonds. The van der Waals surface area contributed by atoms with Gasteiger partial charge in [0.15, 0.2) is 5.82 Å². The van der Waals surface area contributed by atoms with Crippen LogP contribution in [0, 0.1) is 22.7 Å². The van der Waals surface area contributed by atoms with E-state index in [4.69, 9.17) is 11.0 Å². The van der Waals surface area contributed by atoms with Crippen LogP contribution in [-0.2, 0) is 0 Å². The molecule has 1 aromatic carbocycles. The van der Waals surface area contributed by atoms with Crippen molar-refractivity contribution in [1.82, 2.24) is 20.4 Å². The minimum absolute atomic E-state index is 0.0686. The van der Waals surface area contributed by atoms with E-state index in [0.29, 0.717) is 5.69 Å².